The summed E-state index contributed by atoms with van der Waals surface area (Å²) in [5.74, 6) is 3.48. The first-order valence-electron chi connectivity index (χ1n) is 2.10. The second-order valence-corrected chi connectivity index (χ2v) is 0.997. The zero-order chi connectivity index (χ0) is 7.11. The molecule has 2 nitrogen and oxygen atoms in total. The fraction of sp³-hybridized carbons (Fsp3) is 0. The molecule has 0 unspecified atom stereocenters. The number of esters is 1. The normalized spacial score (nSPS) is 5.67. The van der Waals surface area contributed by atoms with Crippen molar-refractivity contribution in [2.75, 3.05) is 0 Å². The van der Waals surface area contributed by atoms with Crippen molar-refractivity contribution in [2.45, 2.75) is 0 Å². The Morgan fingerprint density at radius 1 is 1.78 bits per heavy atom. The van der Waals surface area contributed by atoms with Crippen LogP contribution in [0.15, 0.2) is 12.7 Å². The van der Waals surface area contributed by atoms with Gasteiger partial charge in [-0.1, -0.05) is 6.58 Å². The Kier molecular flexibility index (Phi) is 3.66. The third-order valence-corrected chi connectivity index (χ3v) is 0.441. The maximum Gasteiger partial charge on any atom is 0.344 e. The van der Waals surface area contributed by atoms with Gasteiger partial charge < -0.3 is 4.74 Å². The van der Waals surface area contributed by atoms with Crippen molar-refractivity contribution in [3.63, 3.8) is 0 Å². The predicted octanol–water partition coefficient (Wildman–Crippen LogP) is 0.310. The highest BCUT2D eigenvalue weighted by atomic mass is 16.5. The molecular formula is C7H4O2. The minimum atomic E-state index is -0.599. The van der Waals surface area contributed by atoms with Crippen molar-refractivity contribution >= 4 is 5.97 Å². The van der Waals surface area contributed by atoms with Gasteiger partial charge in [-0.3, -0.25) is 0 Å². The van der Waals surface area contributed by atoms with E-state index in [2.05, 4.69) is 17.2 Å². The maximum absolute atomic E-state index is 10.2. The lowest BCUT2D eigenvalue weighted by Gasteiger charge is -1.81. The van der Waals surface area contributed by atoms with Crippen LogP contribution in [-0.2, 0) is 9.53 Å². The van der Waals surface area contributed by atoms with E-state index in [1.165, 1.54) is 0 Å². The van der Waals surface area contributed by atoms with Gasteiger partial charge in [-0.15, -0.1) is 6.42 Å². The van der Waals surface area contributed by atoms with Crippen molar-refractivity contribution in [3.8, 4) is 24.4 Å². The van der Waals surface area contributed by atoms with Crippen LogP contribution in [0.2, 0.25) is 0 Å². The molecular weight excluding hydrogens is 116 g/mol. The van der Waals surface area contributed by atoms with E-state index in [-0.39, 0.29) is 0 Å². The first-order valence-corrected chi connectivity index (χ1v) is 2.10. The molecule has 0 spiro atoms. The standard InChI is InChI=1S/C7H4O2/c1-3-5-6-9-7(8)4-2/h1,4H,2H2. The summed E-state index contributed by atoms with van der Waals surface area (Å²) in [7, 11) is 0. The first kappa shape index (κ1) is 7.33. The van der Waals surface area contributed by atoms with Crippen LogP contribution in [0.3, 0.4) is 0 Å². The van der Waals surface area contributed by atoms with Crippen LogP contribution in [-0.4, -0.2) is 5.97 Å². The van der Waals surface area contributed by atoms with Crippen LogP contribution in [0.5, 0.6) is 0 Å². The molecule has 0 saturated carbocycles. The molecule has 0 aliphatic heterocycles. The molecule has 0 heterocycles. The summed E-state index contributed by atoms with van der Waals surface area (Å²) in [5.41, 5.74) is 0. The Labute approximate surface area is 53.5 Å². The van der Waals surface area contributed by atoms with Gasteiger partial charge in [0.2, 0.25) is 0 Å². The van der Waals surface area contributed by atoms with Gasteiger partial charge in [0.1, 0.15) is 6.11 Å². The number of ether oxygens (including phenoxy) is 1. The van der Waals surface area contributed by atoms with E-state index in [9.17, 15) is 4.79 Å². The third-order valence-electron chi connectivity index (χ3n) is 0.441. The van der Waals surface area contributed by atoms with Crippen LogP contribution < -0.4 is 0 Å². The molecule has 0 fully saturated rings. The van der Waals surface area contributed by atoms with Crippen molar-refractivity contribution in [1.29, 1.82) is 0 Å². The van der Waals surface area contributed by atoms with E-state index in [1.807, 2.05) is 12.0 Å². The first-order chi connectivity index (χ1) is 4.31. The van der Waals surface area contributed by atoms with E-state index < -0.39 is 5.97 Å². The molecule has 44 valence electrons. The molecule has 0 radical (unpaired) electrons. The summed E-state index contributed by atoms with van der Waals surface area (Å²) in [6.45, 7) is 3.15. The maximum atomic E-state index is 10.2. The summed E-state index contributed by atoms with van der Waals surface area (Å²) in [4.78, 5) is 10.2. The molecule has 0 saturated heterocycles. The van der Waals surface area contributed by atoms with Gasteiger partial charge >= 0.3 is 5.97 Å². The molecule has 0 aromatic rings. The number of carbonyl (C=O) groups excluding carboxylic acids is 1. The largest absolute Gasteiger partial charge is 0.368 e. The van der Waals surface area contributed by atoms with Crippen molar-refractivity contribution in [1.82, 2.24) is 0 Å². The second kappa shape index (κ2) is 4.49. The molecule has 2 heteroatoms. The fourth-order valence-electron chi connectivity index (χ4n) is 0.147. The van der Waals surface area contributed by atoms with Gasteiger partial charge in [-0.25, -0.2) is 4.79 Å². The fourth-order valence-corrected chi connectivity index (χ4v) is 0.147. The van der Waals surface area contributed by atoms with Crippen molar-refractivity contribution in [3.05, 3.63) is 12.7 Å². The lowest BCUT2D eigenvalue weighted by molar-refractivity contribution is -0.131. The van der Waals surface area contributed by atoms with Gasteiger partial charge in [-0.2, -0.15) is 0 Å². The van der Waals surface area contributed by atoms with Crippen LogP contribution in [0.1, 0.15) is 0 Å². The van der Waals surface area contributed by atoms with Crippen molar-refractivity contribution < 1.29 is 9.53 Å². The van der Waals surface area contributed by atoms with Gasteiger partial charge in [0, 0.05) is 12.0 Å². The Morgan fingerprint density at radius 3 is 2.89 bits per heavy atom. The Balaban J connectivity index is 3.66. The van der Waals surface area contributed by atoms with E-state index in [1.54, 1.807) is 0 Å². The molecule has 0 N–H and O–H groups in total. The highest BCUT2D eigenvalue weighted by Crippen LogP contribution is 1.72. The summed E-state index contributed by atoms with van der Waals surface area (Å²) < 4.78 is 4.17. The van der Waals surface area contributed by atoms with Gasteiger partial charge in [0.05, 0.1) is 0 Å². The SMILES string of the molecule is C#CC#COC(=O)C=C. The number of terminal acetylenes is 1. The van der Waals surface area contributed by atoms with E-state index in [4.69, 9.17) is 6.42 Å². The molecule has 9 heavy (non-hydrogen) atoms. The van der Waals surface area contributed by atoms with Gasteiger partial charge in [0.25, 0.3) is 0 Å². The van der Waals surface area contributed by atoms with Crippen LogP contribution in [0.25, 0.3) is 0 Å². The molecule has 0 atom stereocenters. The third kappa shape index (κ3) is 4.18. The Hall–Kier alpha value is -1.67. The lowest BCUT2D eigenvalue weighted by Crippen LogP contribution is -1.91. The number of rotatable bonds is 1. The van der Waals surface area contributed by atoms with Crippen LogP contribution in [0, 0.1) is 24.4 Å². The number of hydrogen-bond acceptors (Lipinski definition) is 2. The molecule has 0 aromatic carbocycles. The summed E-state index contributed by atoms with van der Waals surface area (Å²) in [6.07, 6.45) is 7.70. The topological polar surface area (TPSA) is 26.3 Å². The smallest absolute Gasteiger partial charge is 0.344 e. The van der Waals surface area contributed by atoms with E-state index in [0.29, 0.717) is 0 Å². The average molecular weight is 120 g/mol. The van der Waals surface area contributed by atoms with Gasteiger partial charge in [-0.05, 0) is 5.92 Å². The molecule has 0 aliphatic rings. The van der Waals surface area contributed by atoms with Crippen molar-refractivity contribution in [2.24, 2.45) is 0 Å². The van der Waals surface area contributed by atoms with Crippen LogP contribution in [0.4, 0.5) is 0 Å². The van der Waals surface area contributed by atoms with Gasteiger partial charge in [0.15, 0.2) is 0 Å². The lowest BCUT2D eigenvalue weighted by atomic mass is 10.6. The molecule has 0 aromatic heterocycles. The highest BCUT2D eigenvalue weighted by Gasteiger charge is 1.86. The second-order valence-electron chi connectivity index (χ2n) is 0.997. The van der Waals surface area contributed by atoms with E-state index >= 15 is 0 Å². The monoisotopic (exact) mass is 120 g/mol. The number of carbonyl (C=O) groups is 1. The summed E-state index contributed by atoms with van der Waals surface area (Å²) in [6, 6.07) is 0. The summed E-state index contributed by atoms with van der Waals surface area (Å²) in [5, 5.41) is 0. The highest BCUT2D eigenvalue weighted by molar-refractivity contribution is 5.82. The Bertz CT molecular complexity index is 209. The predicted molar refractivity (Wildman–Crippen MR) is 32.9 cm³/mol. The Morgan fingerprint density at radius 2 is 2.44 bits per heavy atom. The van der Waals surface area contributed by atoms with Crippen LogP contribution >= 0.6 is 0 Å². The summed E-state index contributed by atoms with van der Waals surface area (Å²) >= 11 is 0. The minimum absolute atomic E-state index is 0.599. The average Bonchev–Trinajstić information content (AvgIpc) is 1.89. The zero-order valence-corrected chi connectivity index (χ0v) is 4.68. The molecule has 0 bridgehead atoms. The van der Waals surface area contributed by atoms with E-state index in [0.717, 1.165) is 6.08 Å². The minimum Gasteiger partial charge on any atom is -0.368 e. The zero-order valence-electron chi connectivity index (χ0n) is 4.68. The molecule has 0 aliphatic carbocycles. The quantitative estimate of drug-likeness (QED) is 0.283. The molecule has 0 amide bonds. The molecule has 0 rings (SSSR count). The number of hydrogen-bond donors (Lipinski definition) is 0.